The third-order valence-electron chi connectivity index (χ3n) is 3.78. The van der Waals surface area contributed by atoms with Gasteiger partial charge in [-0.25, -0.2) is 0 Å². The van der Waals surface area contributed by atoms with E-state index in [-0.39, 0.29) is 0 Å². The van der Waals surface area contributed by atoms with E-state index in [1.165, 1.54) is 28.5 Å². The lowest BCUT2D eigenvalue weighted by Crippen LogP contribution is -2.41. The maximum absolute atomic E-state index is 12.5. The van der Waals surface area contributed by atoms with Crippen molar-refractivity contribution in [1.29, 1.82) is 0 Å². The third kappa shape index (κ3) is 1.95. The molecule has 0 N–H and O–H groups in total. The number of sulfonamides is 1. The lowest BCUT2D eigenvalue weighted by Gasteiger charge is -2.29. The van der Waals surface area contributed by atoms with Gasteiger partial charge in [-0.15, -0.1) is 14.5 Å². The van der Waals surface area contributed by atoms with Crippen LogP contribution < -0.4 is 0 Å². The fourth-order valence-corrected chi connectivity index (χ4v) is 5.07. The molecule has 1 aliphatic carbocycles. The summed E-state index contributed by atoms with van der Waals surface area (Å²) in [4.78, 5) is 0. The fourth-order valence-electron chi connectivity index (χ4n) is 2.54. The number of aromatic nitrogens is 3. The van der Waals surface area contributed by atoms with Crippen molar-refractivity contribution in [3.8, 4) is 0 Å². The molecule has 6 nitrogen and oxygen atoms in total. The first kappa shape index (κ1) is 12.6. The van der Waals surface area contributed by atoms with Crippen molar-refractivity contribution in [2.45, 2.75) is 36.1 Å². The van der Waals surface area contributed by atoms with Gasteiger partial charge in [0.2, 0.25) is 4.21 Å². The minimum atomic E-state index is -3.39. The van der Waals surface area contributed by atoms with Crippen molar-refractivity contribution in [3.63, 3.8) is 0 Å². The Labute approximate surface area is 121 Å². The zero-order valence-electron chi connectivity index (χ0n) is 10.8. The lowest BCUT2D eigenvalue weighted by molar-refractivity contribution is 0.300. The van der Waals surface area contributed by atoms with E-state index < -0.39 is 10.4 Å². The molecule has 1 unspecified atom stereocenters. The molecule has 0 amide bonds. The quantitative estimate of drug-likeness (QED) is 0.808. The Kier molecular flexibility index (Phi) is 2.81. The zero-order chi connectivity index (χ0) is 13.7. The van der Waals surface area contributed by atoms with Gasteiger partial charge in [0.05, 0.1) is 6.54 Å². The van der Waals surface area contributed by atoms with Gasteiger partial charge < -0.3 is 9.12 Å². The van der Waals surface area contributed by atoms with Gasteiger partial charge in [-0.05, 0) is 24.3 Å². The molecule has 20 heavy (non-hydrogen) atoms. The van der Waals surface area contributed by atoms with Crippen molar-refractivity contribution >= 4 is 21.7 Å². The monoisotopic (exact) mass is 310 g/mol. The summed E-state index contributed by atoms with van der Waals surface area (Å²) < 4.78 is 29.0. The van der Waals surface area contributed by atoms with Gasteiger partial charge in [0.15, 0.2) is 16.2 Å². The third-order valence-corrected chi connectivity index (χ3v) is 7.00. The normalized spacial score (nSPS) is 22.4. The molecule has 2 aromatic heterocycles. The molecular weight excluding hydrogens is 296 g/mol. The summed E-state index contributed by atoms with van der Waals surface area (Å²) >= 11 is 1.25. The second-order valence-electron chi connectivity index (χ2n) is 5.17. The van der Waals surface area contributed by atoms with E-state index in [1.54, 1.807) is 17.5 Å². The molecule has 4 rings (SSSR count). The van der Waals surface area contributed by atoms with Crippen LogP contribution in [0.4, 0.5) is 0 Å². The Hall–Kier alpha value is -1.09. The second kappa shape index (κ2) is 4.45. The number of fused-ring (bicyclic) bond motifs is 1. The van der Waals surface area contributed by atoms with Gasteiger partial charge in [0.1, 0.15) is 12.4 Å². The summed E-state index contributed by atoms with van der Waals surface area (Å²) in [5.41, 5.74) is 0. The van der Waals surface area contributed by atoms with E-state index in [1.807, 2.05) is 0 Å². The molecule has 3 heterocycles. The van der Waals surface area contributed by atoms with E-state index in [9.17, 15) is 8.76 Å². The molecule has 0 radical (unpaired) electrons. The van der Waals surface area contributed by atoms with E-state index in [4.69, 9.17) is 0 Å². The van der Waals surface area contributed by atoms with Crippen LogP contribution in [0.15, 0.2) is 21.7 Å². The van der Waals surface area contributed by atoms with Crippen LogP contribution in [0.2, 0.25) is 0 Å². The Balaban J connectivity index is 1.62. The molecule has 1 saturated carbocycles. The van der Waals surface area contributed by atoms with E-state index in [0.29, 0.717) is 29.8 Å². The van der Waals surface area contributed by atoms with Crippen LogP contribution >= 0.6 is 11.3 Å². The highest BCUT2D eigenvalue weighted by Gasteiger charge is 2.38. The number of hydrogen-bond donors (Lipinski definition) is 0. The molecule has 1 aliphatic heterocycles. The molecule has 106 valence electrons. The van der Waals surface area contributed by atoms with E-state index in [0.717, 1.165) is 11.6 Å². The standard InChI is InChI=1S/C12H14N4O2S2/c17-20(18,11-2-1-7-19-11)15-5-6-16-10(8-15)13-14-12(16)9-3-4-9/h1-2,7,9H,3-6,8H2. The topological polar surface area (TPSA) is 74.1 Å². The molecule has 0 saturated heterocycles. The Morgan fingerprint density at radius 3 is 2.90 bits per heavy atom. The SMILES string of the molecule is O=[S+]([O-])(c1cccs1)N1CCn2c(nnc2C2CC2)C1. The van der Waals surface area contributed by atoms with Crippen LogP contribution in [-0.4, -0.2) is 30.2 Å². The molecule has 2 aliphatic rings. The Bertz CT molecular complexity index is 678. The minimum Gasteiger partial charge on any atom is -0.592 e. The Morgan fingerprint density at radius 2 is 2.20 bits per heavy atom. The number of thiophene rings is 1. The summed E-state index contributed by atoms with van der Waals surface area (Å²) in [6.45, 7) is 1.46. The average Bonchev–Trinajstić information content (AvgIpc) is 2.99. The molecule has 8 heteroatoms. The minimum absolute atomic E-state index is 0.319. The summed E-state index contributed by atoms with van der Waals surface area (Å²) in [5, 5.41) is 10.2. The number of hydrogen-bond acceptors (Lipinski definition) is 5. The summed E-state index contributed by atoms with van der Waals surface area (Å²) in [7, 11) is -3.39. The van der Waals surface area contributed by atoms with E-state index >= 15 is 0 Å². The fraction of sp³-hybridized carbons (Fsp3) is 0.500. The van der Waals surface area contributed by atoms with Gasteiger partial charge in [-0.3, -0.25) is 0 Å². The van der Waals surface area contributed by atoms with Crippen LogP contribution in [0.1, 0.15) is 30.4 Å². The molecular formula is C12H14N4O2S2. The van der Waals surface area contributed by atoms with E-state index in [2.05, 4.69) is 14.8 Å². The smallest absolute Gasteiger partial charge is 0.229 e. The first-order chi connectivity index (χ1) is 9.66. The number of rotatable bonds is 3. The predicted octanol–water partition coefficient (Wildman–Crippen LogP) is 1.64. The predicted molar refractivity (Wildman–Crippen MR) is 73.8 cm³/mol. The lowest BCUT2D eigenvalue weighted by atomic mass is 10.3. The molecule has 1 atom stereocenters. The van der Waals surface area contributed by atoms with Gasteiger partial charge in [0.25, 0.3) is 0 Å². The van der Waals surface area contributed by atoms with Gasteiger partial charge in [-0.1, -0.05) is 15.5 Å². The highest BCUT2D eigenvalue weighted by molar-refractivity contribution is 7.97. The van der Waals surface area contributed by atoms with Crippen molar-refractivity contribution in [1.82, 2.24) is 19.1 Å². The van der Waals surface area contributed by atoms with Crippen LogP contribution in [-0.2, 0) is 27.7 Å². The molecule has 0 spiro atoms. The number of nitrogens with zero attached hydrogens (tertiary/aromatic N) is 4. The average molecular weight is 310 g/mol. The van der Waals surface area contributed by atoms with Crippen molar-refractivity contribution < 1.29 is 8.76 Å². The highest BCUT2D eigenvalue weighted by Crippen LogP contribution is 2.40. The maximum atomic E-state index is 12.5. The molecule has 1 fully saturated rings. The summed E-state index contributed by atoms with van der Waals surface area (Å²) in [6.07, 6.45) is 2.35. The first-order valence-corrected chi connectivity index (χ1v) is 8.94. The molecule has 0 aromatic carbocycles. The van der Waals surface area contributed by atoms with Gasteiger partial charge in [-0.2, -0.15) is 0 Å². The van der Waals surface area contributed by atoms with Gasteiger partial charge in [0, 0.05) is 18.5 Å². The van der Waals surface area contributed by atoms with Gasteiger partial charge >= 0.3 is 0 Å². The first-order valence-electron chi connectivity index (χ1n) is 6.62. The van der Waals surface area contributed by atoms with Crippen LogP contribution in [0, 0.1) is 0 Å². The van der Waals surface area contributed by atoms with Crippen molar-refractivity contribution in [3.05, 3.63) is 29.2 Å². The van der Waals surface area contributed by atoms with Crippen LogP contribution in [0.25, 0.3) is 0 Å². The van der Waals surface area contributed by atoms with Crippen molar-refractivity contribution in [2.75, 3.05) is 6.54 Å². The maximum Gasteiger partial charge on any atom is 0.229 e. The Morgan fingerprint density at radius 1 is 1.35 bits per heavy atom. The molecule has 0 bridgehead atoms. The second-order valence-corrected chi connectivity index (χ2v) is 8.28. The summed E-state index contributed by atoms with van der Waals surface area (Å²) in [5.74, 6) is 2.34. The highest BCUT2D eigenvalue weighted by atomic mass is 32.3. The largest absolute Gasteiger partial charge is 0.592 e. The van der Waals surface area contributed by atoms with Crippen molar-refractivity contribution in [2.24, 2.45) is 0 Å². The summed E-state index contributed by atoms with van der Waals surface area (Å²) in [6, 6.07) is 3.41. The molecule has 2 aromatic rings. The van der Waals surface area contributed by atoms with Crippen LogP contribution in [0.3, 0.4) is 0 Å². The van der Waals surface area contributed by atoms with Crippen LogP contribution in [0.5, 0.6) is 0 Å². The zero-order valence-corrected chi connectivity index (χ0v) is 12.4.